The first kappa shape index (κ1) is 24.1. The van der Waals surface area contributed by atoms with Crippen LogP contribution in [0.4, 0.5) is 0 Å². The van der Waals surface area contributed by atoms with Gasteiger partial charge in [0.25, 0.3) is 0 Å². The van der Waals surface area contributed by atoms with Gasteiger partial charge >= 0.3 is 0 Å². The van der Waals surface area contributed by atoms with Crippen LogP contribution in [0.3, 0.4) is 0 Å². The lowest BCUT2D eigenvalue weighted by Gasteiger charge is -2.45. The van der Waals surface area contributed by atoms with E-state index in [1.807, 2.05) is 60.7 Å². The standard InChI is InChI=1S/C25H31NO6/c1-3-14-29-25-22(26-18(2)28)24(31-17-20-12-8-5-9-13-20)23(21(15-27)32-25)30-16-19-10-6-4-7-11-19/h3-13,21-25,27H,1,14-17H2,2H3,(H,26,28)/t21-,22-,23-,24-,25+/m1/s1. The molecule has 0 unspecified atom stereocenters. The summed E-state index contributed by atoms with van der Waals surface area (Å²) in [6.07, 6.45) is -1.18. The van der Waals surface area contributed by atoms with E-state index in [9.17, 15) is 9.90 Å². The third kappa shape index (κ3) is 6.72. The molecule has 1 aliphatic rings. The summed E-state index contributed by atoms with van der Waals surface area (Å²) >= 11 is 0. The molecule has 3 rings (SSSR count). The lowest BCUT2D eigenvalue weighted by molar-refractivity contribution is -0.285. The molecule has 0 aromatic heterocycles. The van der Waals surface area contributed by atoms with Gasteiger partial charge in [0.15, 0.2) is 6.29 Å². The van der Waals surface area contributed by atoms with Gasteiger partial charge in [-0.25, -0.2) is 0 Å². The third-order valence-corrected chi connectivity index (χ3v) is 5.15. The van der Waals surface area contributed by atoms with Crippen molar-refractivity contribution < 1.29 is 28.8 Å². The number of benzene rings is 2. The van der Waals surface area contributed by atoms with Crippen LogP contribution in [0.1, 0.15) is 18.1 Å². The minimum absolute atomic E-state index is 0.222. The molecular formula is C25H31NO6. The zero-order valence-corrected chi connectivity index (χ0v) is 18.3. The Morgan fingerprint density at radius 3 is 2.06 bits per heavy atom. The van der Waals surface area contributed by atoms with E-state index in [2.05, 4.69) is 11.9 Å². The fourth-order valence-electron chi connectivity index (χ4n) is 3.68. The van der Waals surface area contributed by atoms with Gasteiger partial charge in [0, 0.05) is 6.92 Å². The Morgan fingerprint density at radius 1 is 1.00 bits per heavy atom. The van der Waals surface area contributed by atoms with Crippen molar-refractivity contribution in [3.8, 4) is 0 Å². The number of nitrogens with one attached hydrogen (secondary N) is 1. The lowest BCUT2D eigenvalue weighted by atomic mass is 9.96. The molecule has 2 aromatic rings. The second kappa shape index (κ2) is 12.5. The molecule has 0 aliphatic carbocycles. The average molecular weight is 442 g/mol. The van der Waals surface area contributed by atoms with Crippen LogP contribution in [0.5, 0.6) is 0 Å². The van der Waals surface area contributed by atoms with E-state index in [1.165, 1.54) is 6.92 Å². The van der Waals surface area contributed by atoms with Crippen molar-refractivity contribution >= 4 is 5.91 Å². The maximum Gasteiger partial charge on any atom is 0.217 e. The summed E-state index contributed by atoms with van der Waals surface area (Å²) in [4.78, 5) is 12.0. The molecule has 2 N–H and O–H groups in total. The van der Waals surface area contributed by atoms with Crippen molar-refractivity contribution in [2.45, 2.75) is 50.8 Å². The van der Waals surface area contributed by atoms with Gasteiger partial charge in [-0.2, -0.15) is 0 Å². The van der Waals surface area contributed by atoms with Gasteiger partial charge in [0.2, 0.25) is 5.91 Å². The Bertz CT molecular complexity index is 831. The summed E-state index contributed by atoms with van der Waals surface area (Å²) in [6.45, 7) is 5.64. The van der Waals surface area contributed by atoms with Crippen molar-refractivity contribution in [1.29, 1.82) is 0 Å². The molecule has 1 aliphatic heterocycles. The highest BCUT2D eigenvalue weighted by Gasteiger charge is 2.48. The fraction of sp³-hybridized carbons (Fsp3) is 0.400. The van der Waals surface area contributed by atoms with E-state index in [1.54, 1.807) is 6.08 Å². The predicted octanol–water partition coefficient (Wildman–Crippen LogP) is 2.58. The van der Waals surface area contributed by atoms with Gasteiger partial charge in [0.05, 0.1) is 26.4 Å². The number of hydrogen-bond acceptors (Lipinski definition) is 6. The molecule has 0 spiro atoms. The van der Waals surface area contributed by atoms with E-state index in [4.69, 9.17) is 18.9 Å². The minimum atomic E-state index is -0.827. The number of ether oxygens (including phenoxy) is 4. The summed E-state index contributed by atoms with van der Waals surface area (Å²) in [5.74, 6) is -0.247. The first-order valence-corrected chi connectivity index (χ1v) is 10.7. The fourth-order valence-corrected chi connectivity index (χ4v) is 3.68. The number of hydrogen-bond donors (Lipinski definition) is 2. The van der Waals surface area contributed by atoms with E-state index >= 15 is 0 Å². The molecule has 0 saturated carbocycles. The molecule has 7 nitrogen and oxygen atoms in total. The summed E-state index contributed by atoms with van der Waals surface area (Å²) < 4.78 is 24.3. The average Bonchev–Trinajstić information content (AvgIpc) is 2.82. The highest BCUT2D eigenvalue weighted by atomic mass is 16.7. The minimum Gasteiger partial charge on any atom is -0.394 e. The predicted molar refractivity (Wildman–Crippen MR) is 120 cm³/mol. The Labute approximate surface area is 188 Å². The first-order valence-electron chi connectivity index (χ1n) is 10.7. The Hall–Kier alpha value is -2.55. The number of carbonyl (C=O) groups excluding carboxylic acids is 1. The van der Waals surface area contributed by atoms with Crippen LogP contribution in [0.25, 0.3) is 0 Å². The molecule has 1 heterocycles. The van der Waals surface area contributed by atoms with Gasteiger partial charge < -0.3 is 29.4 Å². The third-order valence-electron chi connectivity index (χ3n) is 5.15. The van der Waals surface area contributed by atoms with Crippen LogP contribution < -0.4 is 5.32 Å². The Morgan fingerprint density at radius 2 is 1.56 bits per heavy atom. The molecule has 1 amide bonds. The number of aliphatic hydroxyl groups excluding tert-OH is 1. The molecule has 1 saturated heterocycles. The maximum atomic E-state index is 12.0. The molecule has 172 valence electrons. The van der Waals surface area contributed by atoms with Crippen LogP contribution in [0.2, 0.25) is 0 Å². The van der Waals surface area contributed by atoms with Crippen LogP contribution in [0.15, 0.2) is 73.3 Å². The van der Waals surface area contributed by atoms with Crippen molar-refractivity contribution in [3.63, 3.8) is 0 Å². The number of amides is 1. The van der Waals surface area contributed by atoms with Gasteiger partial charge in [-0.05, 0) is 11.1 Å². The highest BCUT2D eigenvalue weighted by Crippen LogP contribution is 2.28. The van der Waals surface area contributed by atoms with Crippen molar-refractivity contribution in [3.05, 3.63) is 84.4 Å². The number of carbonyl (C=O) groups is 1. The summed E-state index contributed by atoms with van der Waals surface area (Å²) in [7, 11) is 0. The molecular weight excluding hydrogens is 410 g/mol. The summed E-state index contributed by atoms with van der Waals surface area (Å²) in [5, 5.41) is 12.9. The molecule has 2 aromatic carbocycles. The number of rotatable bonds is 11. The van der Waals surface area contributed by atoms with Crippen LogP contribution >= 0.6 is 0 Å². The van der Waals surface area contributed by atoms with Crippen LogP contribution in [-0.2, 0) is 37.0 Å². The zero-order chi connectivity index (χ0) is 22.8. The monoisotopic (exact) mass is 441 g/mol. The first-order chi connectivity index (χ1) is 15.6. The molecule has 1 fully saturated rings. The van der Waals surface area contributed by atoms with E-state index < -0.39 is 30.6 Å². The summed E-state index contributed by atoms with van der Waals surface area (Å²) in [5.41, 5.74) is 1.96. The lowest BCUT2D eigenvalue weighted by Crippen LogP contribution is -2.65. The normalized spacial score (nSPS) is 25.2. The summed E-state index contributed by atoms with van der Waals surface area (Å²) in [6, 6.07) is 18.8. The van der Waals surface area contributed by atoms with Gasteiger partial charge in [0.1, 0.15) is 24.4 Å². The maximum absolute atomic E-state index is 12.0. The van der Waals surface area contributed by atoms with Crippen LogP contribution in [-0.4, -0.2) is 54.9 Å². The van der Waals surface area contributed by atoms with Gasteiger partial charge in [-0.3, -0.25) is 4.79 Å². The van der Waals surface area contributed by atoms with Crippen LogP contribution in [0, 0.1) is 0 Å². The Balaban J connectivity index is 1.85. The second-order valence-corrected chi connectivity index (χ2v) is 7.60. The SMILES string of the molecule is C=CCO[C@H]1O[C@H](CO)[C@@H](OCc2ccccc2)[C@H](OCc2ccccc2)[C@H]1NC(C)=O. The molecule has 0 radical (unpaired) electrons. The van der Waals surface area contributed by atoms with Crippen molar-refractivity contribution in [2.24, 2.45) is 0 Å². The smallest absolute Gasteiger partial charge is 0.217 e. The molecule has 5 atom stereocenters. The topological polar surface area (TPSA) is 86.2 Å². The van der Waals surface area contributed by atoms with Gasteiger partial charge in [-0.15, -0.1) is 6.58 Å². The molecule has 7 heteroatoms. The quantitative estimate of drug-likeness (QED) is 0.522. The van der Waals surface area contributed by atoms with E-state index in [-0.39, 0.29) is 19.1 Å². The molecule has 0 bridgehead atoms. The second-order valence-electron chi connectivity index (χ2n) is 7.60. The van der Waals surface area contributed by atoms with Crippen molar-refractivity contribution in [2.75, 3.05) is 13.2 Å². The van der Waals surface area contributed by atoms with Crippen molar-refractivity contribution in [1.82, 2.24) is 5.32 Å². The van der Waals surface area contributed by atoms with E-state index in [0.717, 1.165) is 11.1 Å². The van der Waals surface area contributed by atoms with Gasteiger partial charge in [-0.1, -0.05) is 66.7 Å². The number of aliphatic hydroxyl groups is 1. The Kier molecular flexibility index (Phi) is 9.40. The zero-order valence-electron chi connectivity index (χ0n) is 18.3. The largest absolute Gasteiger partial charge is 0.394 e. The highest BCUT2D eigenvalue weighted by molar-refractivity contribution is 5.73. The van der Waals surface area contributed by atoms with E-state index in [0.29, 0.717) is 13.2 Å². The molecule has 32 heavy (non-hydrogen) atoms.